The summed E-state index contributed by atoms with van der Waals surface area (Å²) in [6.07, 6.45) is 4.06. The molecule has 1 aromatic carbocycles. The van der Waals surface area contributed by atoms with E-state index in [9.17, 15) is 4.39 Å². The van der Waals surface area contributed by atoms with Crippen LogP contribution in [0.3, 0.4) is 0 Å². The van der Waals surface area contributed by atoms with Crippen molar-refractivity contribution in [3.05, 3.63) is 34.6 Å². The van der Waals surface area contributed by atoms with Crippen LogP contribution in [0, 0.1) is 5.82 Å². The fraction of sp³-hybridized carbons (Fsp3) is 0.625. The van der Waals surface area contributed by atoms with Crippen LogP contribution in [0.4, 0.5) is 4.39 Å². The predicted octanol–water partition coefficient (Wildman–Crippen LogP) is 4.31. The summed E-state index contributed by atoms with van der Waals surface area (Å²) < 4.78 is 19.2. The molecule has 1 saturated heterocycles. The predicted molar refractivity (Wildman–Crippen MR) is 80.5 cm³/mol. The highest BCUT2D eigenvalue weighted by molar-refractivity contribution is 6.31. The summed E-state index contributed by atoms with van der Waals surface area (Å²) in [5.74, 6) is -0.241. The van der Waals surface area contributed by atoms with E-state index in [2.05, 4.69) is 19.2 Å². The van der Waals surface area contributed by atoms with Gasteiger partial charge < -0.3 is 10.1 Å². The molecule has 0 spiro atoms. The van der Waals surface area contributed by atoms with Gasteiger partial charge in [0.25, 0.3) is 0 Å². The summed E-state index contributed by atoms with van der Waals surface area (Å²) in [4.78, 5) is 0. The van der Waals surface area contributed by atoms with E-state index >= 15 is 0 Å². The van der Waals surface area contributed by atoms with Gasteiger partial charge in [-0.1, -0.05) is 25.4 Å². The maximum absolute atomic E-state index is 13.2. The Balaban J connectivity index is 1.95. The van der Waals surface area contributed by atoms with Crippen molar-refractivity contribution in [2.24, 2.45) is 0 Å². The van der Waals surface area contributed by atoms with Crippen molar-refractivity contribution < 1.29 is 9.13 Å². The van der Waals surface area contributed by atoms with Crippen LogP contribution in [-0.2, 0) is 11.3 Å². The van der Waals surface area contributed by atoms with E-state index in [1.165, 1.54) is 12.1 Å². The molecule has 1 atom stereocenters. The molecule has 0 aliphatic carbocycles. The van der Waals surface area contributed by atoms with E-state index in [0.717, 1.165) is 37.9 Å². The highest BCUT2D eigenvalue weighted by Crippen LogP contribution is 2.31. The van der Waals surface area contributed by atoms with Gasteiger partial charge in [0.15, 0.2) is 0 Å². The molecule has 1 heterocycles. The topological polar surface area (TPSA) is 21.3 Å². The van der Waals surface area contributed by atoms with Crippen LogP contribution in [0.2, 0.25) is 5.02 Å². The van der Waals surface area contributed by atoms with E-state index in [4.69, 9.17) is 16.3 Å². The van der Waals surface area contributed by atoms with Gasteiger partial charge in [0, 0.05) is 24.2 Å². The summed E-state index contributed by atoms with van der Waals surface area (Å²) in [6.45, 7) is 5.74. The molecular weight excluding hydrogens is 277 g/mol. The third-order valence-corrected chi connectivity index (χ3v) is 4.74. The van der Waals surface area contributed by atoms with Crippen molar-refractivity contribution in [2.75, 3.05) is 6.61 Å². The van der Waals surface area contributed by atoms with Gasteiger partial charge in [-0.15, -0.1) is 0 Å². The van der Waals surface area contributed by atoms with E-state index in [0.29, 0.717) is 17.6 Å². The molecular formula is C16H23ClFNO. The summed E-state index contributed by atoms with van der Waals surface area (Å²) in [7, 11) is 0. The summed E-state index contributed by atoms with van der Waals surface area (Å²) >= 11 is 6.09. The largest absolute Gasteiger partial charge is 0.375 e. The molecule has 0 amide bonds. The summed E-state index contributed by atoms with van der Waals surface area (Å²) in [5.41, 5.74) is 0.818. The number of benzene rings is 1. The third kappa shape index (κ3) is 3.72. The normalized spacial score (nSPS) is 21.9. The first-order valence-corrected chi connectivity index (χ1v) is 7.77. The van der Waals surface area contributed by atoms with Crippen molar-refractivity contribution >= 4 is 11.6 Å². The molecule has 4 heteroatoms. The second kappa shape index (κ2) is 6.88. The lowest BCUT2D eigenvalue weighted by molar-refractivity contribution is -0.0932. The van der Waals surface area contributed by atoms with E-state index < -0.39 is 0 Å². The lowest BCUT2D eigenvalue weighted by Gasteiger charge is -2.40. The molecule has 1 unspecified atom stereocenters. The molecule has 0 bridgehead atoms. The monoisotopic (exact) mass is 299 g/mol. The number of hydrogen-bond acceptors (Lipinski definition) is 2. The van der Waals surface area contributed by atoms with Gasteiger partial charge in [0.1, 0.15) is 5.82 Å². The Hall–Kier alpha value is -0.640. The molecule has 0 saturated carbocycles. The molecule has 20 heavy (non-hydrogen) atoms. The van der Waals surface area contributed by atoms with Crippen molar-refractivity contribution in [2.45, 2.75) is 57.7 Å². The molecule has 1 aromatic rings. The average Bonchev–Trinajstić information content (AvgIpc) is 2.48. The zero-order chi connectivity index (χ0) is 14.6. The number of nitrogens with one attached hydrogen (secondary N) is 1. The van der Waals surface area contributed by atoms with Crippen molar-refractivity contribution in [3.8, 4) is 0 Å². The first kappa shape index (κ1) is 15.7. The van der Waals surface area contributed by atoms with Gasteiger partial charge >= 0.3 is 0 Å². The number of ether oxygens (including phenoxy) is 1. The summed E-state index contributed by atoms with van der Waals surface area (Å²) in [5, 5.41) is 4.11. The maximum Gasteiger partial charge on any atom is 0.123 e. The van der Waals surface area contributed by atoms with Gasteiger partial charge in [0.05, 0.1) is 5.60 Å². The summed E-state index contributed by atoms with van der Waals surface area (Å²) in [6, 6.07) is 4.91. The molecule has 1 aliphatic rings. The number of rotatable bonds is 5. The van der Waals surface area contributed by atoms with Crippen LogP contribution >= 0.6 is 11.6 Å². The van der Waals surface area contributed by atoms with Crippen molar-refractivity contribution in [1.82, 2.24) is 5.32 Å². The number of hydrogen-bond donors (Lipinski definition) is 1. The van der Waals surface area contributed by atoms with Gasteiger partial charge in [0.2, 0.25) is 0 Å². The minimum absolute atomic E-state index is 0.00164. The SMILES string of the molecule is CCC1(CC)CC(NCc2cc(F)ccc2Cl)CCO1. The zero-order valence-electron chi connectivity index (χ0n) is 12.2. The molecule has 112 valence electrons. The van der Waals surface area contributed by atoms with Crippen LogP contribution in [-0.4, -0.2) is 18.2 Å². The lowest BCUT2D eigenvalue weighted by Crippen LogP contribution is -2.46. The Bertz CT molecular complexity index is 448. The van der Waals surface area contributed by atoms with Gasteiger partial charge in [-0.2, -0.15) is 0 Å². The standard InChI is InChI=1S/C16H23ClFNO/c1-3-16(4-2)10-14(7-8-20-16)19-11-12-9-13(18)5-6-15(12)17/h5-6,9,14,19H,3-4,7-8,10-11H2,1-2H3. The second-order valence-corrected chi connectivity index (χ2v) is 5.95. The molecule has 1 N–H and O–H groups in total. The number of halogens is 2. The fourth-order valence-corrected chi connectivity index (χ4v) is 3.06. The first-order valence-electron chi connectivity index (χ1n) is 7.40. The first-order chi connectivity index (χ1) is 9.58. The van der Waals surface area contributed by atoms with Crippen LogP contribution in [0.25, 0.3) is 0 Å². The van der Waals surface area contributed by atoms with Crippen LogP contribution in [0.15, 0.2) is 18.2 Å². The van der Waals surface area contributed by atoms with Gasteiger partial charge in [-0.3, -0.25) is 0 Å². The van der Waals surface area contributed by atoms with Crippen molar-refractivity contribution in [3.63, 3.8) is 0 Å². The Morgan fingerprint density at radius 2 is 2.15 bits per heavy atom. The van der Waals surface area contributed by atoms with E-state index in [-0.39, 0.29) is 11.4 Å². The molecule has 1 aliphatic heterocycles. The fourth-order valence-electron chi connectivity index (χ4n) is 2.88. The van der Waals surface area contributed by atoms with E-state index in [1.807, 2.05) is 0 Å². The minimum atomic E-state index is -0.241. The molecule has 0 aromatic heterocycles. The molecule has 1 fully saturated rings. The molecule has 2 nitrogen and oxygen atoms in total. The smallest absolute Gasteiger partial charge is 0.123 e. The van der Waals surface area contributed by atoms with Crippen LogP contribution in [0.5, 0.6) is 0 Å². The molecule has 0 radical (unpaired) electrons. The van der Waals surface area contributed by atoms with Crippen molar-refractivity contribution in [1.29, 1.82) is 0 Å². The van der Waals surface area contributed by atoms with Crippen LogP contribution < -0.4 is 5.32 Å². The average molecular weight is 300 g/mol. The minimum Gasteiger partial charge on any atom is -0.375 e. The lowest BCUT2D eigenvalue weighted by atomic mass is 9.86. The zero-order valence-corrected chi connectivity index (χ0v) is 13.0. The Labute approximate surface area is 125 Å². The van der Waals surface area contributed by atoms with Gasteiger partial charge in [-0.25, -0.2) is 4.39 Å². The Kier molecular flexibility index (Phi) is 5.42. The third-order valence-electron chi connectivity index (χ3n) is 4.37. The highest BCUT2D eigenvalue weighted by Gasteiger charge is 2.34. The van der Waals surface area contributed by atoms with Crippen LogP contribution in [0.1, 0.15) is 45.1 Å². The van der Waals surface area contributed by atoms with E-state index in [1.54, 1.807) is 6.07 Å². The Morgan fingerprint density at radius 3 is 2.85 bits per heavy atom. The maximum atomic E-state index is 13.2. The quantitative estimate of drug-likeness (QED) is 0.875. The highest BCUT2D eigenvalue weighted by atomic mass is 35.5. The second-order valence-electron chi connectivity index (χ2n) is 5.54. The Morgan fingerprint density at radius 1 is 1.40 bits per heavy atom. The molecule has 2 rings (SSSR count). The van der Waals surface area contributed by atoms with Gasteiger partial charge in [-0.05, 0) is 49.4 Å².